The van der Waals surface area contributed by atoms with Crippen molar-refractivity contribution in [3.05, 3.63) is 71.3 Å². The summed E-state index contributed by atoms with van der Waals surface area (Å²) in [6.45, 7) is 12.0. The van der Waals surface area contributed by atoms with E-state index in [1.165, 1.54) is 18.7 Å². The Morgan fingerprint density at radius 2 is 1.53 bits per heavy atom. The van der Waals surface area contributed by atoms with Crippen LogP contribution >= 0.6 is 0 Å². The van der Waals surface area contributed by atoms with Gasteiger partial charge in [0.25, 0.3) is 0 Å². The zero-order valence-electron chi connectivity index (χ0n) is 21.4. The summed E-state index contributed by atoms with van der Waals surface area (Å²) >= 11 is 0. The molecule has 1 amide bonds. The van der Waals surface area contributed by atoms with Gasteiger partial charge in [0.05, 0.1) is 7.11 Å². The first-order valence-corrected chi connectivity index (χ1v) is 14.8. The highest BCUT2D eigenvalue weighted by molar-refractivity contribution is 6.74. The summed E-state index contributed by atoms with van der Waals surface area (Å²) in [5.41, 5.74) is 4.12. The minimum absolute atomic E-state index is 0.0200. The molecule has 6 heteroatoms. The fourth-order valence-electron chi connectivity index (χ4n) is 3.10. The first-order valence-electron chi connectivity index (χ1n) is 11.9. The molecule has 2 aromatic rings. The molecule has 184 valence electrons. The van der Waals surface area contributed by atoms with Crippen molar-refractivity contribution in [2.24, 2.45) is 0 Å². The van der Waals surface area contributed by atoms with Crippen molar-refractivity contribution >= 4 is 32.0 Å². The van der Waals surface area contributed by atoms with Gasteiger partial charge in [0, 0.05) is 24.8 Å². The van der Waals surface area contributed by atoms with Crippen LogP contribution < -0.4 is 5.32 Å². The molecule has 0 spiro atoms. The number of anilines is 1. The van der Waals surface area contributed by atoms with E-state index in [0.717, 1.165) is 42.7 Å². The van der Waals surface area contributed by atoms with Crippen molar-refractivity contribution in [3.8, 4) is 0 Å². The molecule has 0 saturated carbocycles. The predicted octanol–water partition coefficient (Wildman–Crippen LogP) is 6.40. The van der Waals surface area contributed by atoms with Crippen LogP contribution in [0.15, 0.2) is 54.6 Å². The van der Waals surface area contributed by atoms with Gasteiger partial charge in [-0.1, -0.05) is 57.2 Å². The lowest BCUT2D eigenvalue weighted by atomic mass is 10.1. The Morgan fingerprint density at radius 3 is 2.12 bits per heavy atom. The number of carbonyl (C=O) groups excluding carboxylic acids is 2. The van der Waals surface area contributed by atoms with Crippen LogP contribution in [0.2, 0.25) is 18.1 Å². The van der Waals surface area contributed by atoms with Crippen molar-refractivity contribution in [2.75, 3.05) is 19.0 Å². The quantitative estimate of drug-likeness (QED) is 0.229. The number of hydrogen-bond acceptors (Lipinski definition) is 4. The maximum atomic E-state index is 12.3. The average Bonchev–Trinajstić information content (AvgIpc) is 2.78. The van der Waals surface area contributed by atoms with Crippen LogP contribution in [0.25, 0.3) is 6.08 Å². The van der Waals surface area contributed by atoms with Gasteiger partial charge in [-0.05, 0) is 72.3 Å². The Labute approximate surface area is 205 Å². The molecule has 0 atom stereocenters. The topological polar surface area (TPSA) is 64.6 Å². The second-order valence-corrected chi connectivity index (χ2v) is 14.9. The highest BCUT2D eigenvalue weighted by Gasteiger charge is 2.36. The van der Waals surface area contributed by atoms with Crippen LogP contribution in [-0.4, -0.2) is 33.9 Å². The molecule has 0 fully saturated rings. The zero-order valence-corrected chi connectivity index (χ0v) is 22.4. The molecule has 0 bridgehead atoms. The van der Waals surface area contributed by atoms with Crippen LogP contribution in [0.4, 0.5) is 5.69 Å². The van der Waals surface area contributed by atoms with Crippen LogP contribution in [0.5, 0.6) is 0 Å². The van der Waals surface area contributed by atoms with Crippen molar-refractivity contribution in [1.29, 1.82) is 0 Å². The summed E-state index contributed by atoms with van der Waals surface area (Å²) in [5.74, 6) is -0.355. The van der Waals surface area contributed by atoms with E-state index in [1.807, 2.05) is 36.4 Å². The summed E-state index contributed by atoms with van der Waals surface area (Å²) in [6.07, 6.45) is 6.04. The molecule has 2 rings (SSSR count). The number of aryl methyl sites for hydroxylation is 1. The summed E-state index contributed by atoms with van der Waals surface area (Å²) in [6, 6.07) is 16.0. The van der Waals surface area contributed by atoms with Gasteiger partial charge in [-0.3, -0.25) is 4.79 Å². The van der Waals surface area contributed by atoms with E-state index in [2.05, 4.69) is 56.1 Å². The molecular formula is C28H39NO4Si. The summed E-state index contributed by atoms with van der Waals surface area (Å²) in [4.78, 5) is 23.5. The Balaban J connectivity index is 1.72. The molecule has 0 radical (unpaired) electrons. The van der Waals surface area contributed by atoms with E-state index in [-0.39, 0.29) is 16.9 Å². The fourth-order valence-corrected chi connectivity index (χ4v) is 4.14. The largest absolute Gasteiger partial charge is 0.466 e. The van der Waals surface area contributed by atoms with Gasteiger partial charge in [0.2, 0.25) is 5.91 Å². The van der Waals surface area contributed by atoms with Crippen molar-refractivity contribution in [1.82, 2.24) is 0 Å². The third-order valence-electron chi connectivity index (χ3n) is 6.36. The predicted molar refractivity (Wildman–Crippen MR) is 142 cm³/mol. The maximum Gasteiger partial charge on any atom is 0.330 e. The van der Waals surface area contributed by atoms with E-state index in [1.54, 1.807) is 6.08 Å². The van der Waals surface area contributed by atoms with Crippen LogP contribution in [0, 0.1) is 0 Å². The maximum absolute atomic E-state index is 12.3. The van der Waals surface area contributed by atoms with Crippen LogP contribution in [-0.2, 0) is 31.6 Å². The number of carbonyl (C=O) groups is 2. The minimum Gasteiger partial charge on any atom is -0.466 e. The second-order valence-electron chi connectivity index (χ2n) is 10.1. The highest BCUT2D eigenvalue weighted by atomic mass is 28.4. The van der Waals surface area contributed by atoms with Gasteiger partial charge >= 0.3 is 5.97 Å². The smallest absolute Gasteiger partial charge is 0.330 e. The van der Waals surface area contributed by atoms with Gasteiger partial charge in [0.15, 0.2) is 8.32 Å². The first-order chi connectivity index (χ1) is 16.0. The molecule has 0 aliphatic carbocycles. The highest BCUT2D eigenvalue weighted by Crippen LogP contribution is 2.36. The Bertz CT molecular complexity index is 957. The van der Waals surface area contributed by atoms with Gasteiger partial charge < -0.3 is 14.5 Å². The molecule has 34 heavy (non-hydrogen) atoms. The van der Waals surface area contributed by atoms with Crippen molar-refractivity contribution < 1.29 is 18.8 Å². The molecular weight excluding hydrogens is 442 g/mol. The molecule has 0 saturated heterocycles. The average molecular weight is 482 g/mol. The Hall–Kier alpha value is -2.70. The lowest BCUT2D eigenvalue weighted by molar-refractivity contribution is -0.134. The third-order valence-corrected chi connectivity index (χ3v) is 10.9. The Morgan fingerprint density at radius 1 is 0.941 bits per heavy atom. The number of ether oxygens (including phenoxy) is 1. The lowest BCUT2D eigenvalue weighted by Gasteiger charge is -2.36. The lowest BCUT2D eigenvalue weighted by Crippen LogP contribution is -2.41. The van der Waals surface area contributed by atoms with E-state index in [4.69, 9.17) is 4.43 Å². The van der Waals surface area contributed by atoms with E-state index < -0.39 is 8.32 Å². The van der Waals surface area contributed by atoms with Gasteiger partial charge in [-0.2, -0.15) is 0 Å². The van der Waals surface area contributed by atoms with Gasteiger partial charge in [-0.15, -0.1) is 0 Å². The normalized spacial score (nSPS) is 12.1. The molecule has 0 aliphatic heterocycles. The second kappa shape index (κ2) is 12.7. The molecule has 1 N–H and O–H groups in total. The zero-order chi connectivity index (χ0) is 25.2. The van der Waals surface area contributed by atoms with E-state index in [9.17, 15) is 9.59 Å². The van der Waals surface area contributed by atoms with E-state index in [0.29, 0.717) is 6.42 Å². The molecule has 0 aromatic heterocycles. The molecule has 2 aromatic carbocycles. The SMILES string of the molecule is COC(=O)/C=C/c1ccc(CCCC(=O)Nc2ccc(CCO[Si](C)(C)C(C)(C)C)cc2)cc1. The molecule has 5 nitrogen and oxygen atoms in total. The summed E-state index contributed by atoms with van der Waals surface area (Å²) < 4.78 is 10.8. The number of nitrogens with one attached hydrogen (secondary N) is 1. The van der Waals surface area contributed by atoms with Crippen molar-refractivity contribution in [2.45, 2.75) is 64.6 Å². The van der Waals surface area contributed by atoms with Gasteiger partial charge in [0.1, 0.15) is 0 Å². The standard InChI is InChI=1S/C28H39NO4Si/c1-28(2,3)34(5,6)33-21-20-24-14-17-25(18-15-24)29-26(30)9-7-8-22-10-12-23(13-11-22)16-19-27(31)32-4/h10-19H,7-9,20-21H2,1-6H3,(H,29,30)/b19-16+. The molecule has 0 aliphatic rings. The fraction of sp³-hybridized carbons (Fsp3) is 0.429. The Kier molecular flexibility index (Phi) is 10.3. The van der Waals surface area contributed by atoms with Crippen LogP contribution in [0.1, 0.15) is 50.3 Å². The van der Waals surface area contributed by atoms with E-state index >= 15 is 0 Å². The minimum atomic E-state index is -1.72. The molecule has 0 unspecified atom stereocenters. The number of benzene rings is 2. The third kappa shape index (κ3) is 9.27. The van der Waals surface area contributed by atoms with Crippen molar-refractivity contribution in [3.63, 3.8) is 0 Å². The molecule has 0 heterocycles. The number of esters is 1. The summed E-state index contributed by atoms with van der Waals surface area (Å²) in [5, 5.41) is 3.20. The number of hydrogen-bond donors (Lipinski definition) is 1. The number of amides is 1. The monoisotopic (exact) mass is 481 g/mol. The van der Waals surface area contributed by atoms with Crippen LogP contribution in [0.3, 0.4) is 0 Å². The van der Waals surface area contributed by atoms with Gasteiger partial charge in [-0.25, -0.2) is 4.79 Å². The summed E-state index contributed by atoms with van der Waals surface area (Å²) in [7, 11) is -0.363. The first kappa shape index (κ1) is 27.5. The number of rotatable bonds is 11. The number of methoxy groups -OCH3 is 1.